The van der Waals surface area contributed by atoms with Crippen LogP contribution in [0.3, 0.4) is 0 Å². The van der Waals surface area contributed by atoms with E-state index in [1.165, 1.54) is 49.0 Å². The third-order valence-electron chi connectivity index (χ3n) is 4.26. The van der Waals surface area contributed by atoms with Gasteiger partial charge in [0.15, 0.2) is 0 Å². The first-order chi connectivity index (χ1) is 9.20. The Hall–Kier alpha value is -1.02. The van der Waals surface area contributed by atoms with Crippen molar-refractivity contribution >= 4 is 5.69 Å². The van der Waals surface area contributed by atoms with E-state index in [2.05, 4.69) is 49.3 Å². The summed E-state index contributed by atoms with van der Waals surface area (Å²) < 4.78 is 0. The number of benzene rings is 1. The van der Waals surface area contributed by atoms with Crippen LogP contribution < -0.4 is 5.32 Å². The maximum atomic E-state index is 3.48. The van der Waals surface area contributed by atoms with E-state index in [4.69, 9.17) is 0 Å². The van der Waals surface area contributed by atoms with Crippen molar-refractivity contribution in [1.82, 2.24) is 4.90 Å². The number of fused-ring (bicyclic) bond motifs is 1. The largest absolute Gasteiger partial charge is 0.385 e. The van der Waals surface area contributed by atoms with Gasteiger partial charge in [0, 0.05) is 18.3 Å². The Morgan fingerprint density at radius 1 is 1.37 bits per heavy atom. The normalized spacial score (nSPS) is 16.0. The summed E-state index contributed by atoms with van der Waals surface area (Å²) in [5.74, 6) is 0. The number of hydrogen-bond acceptors (Lipinski definition) is 2. The van der Waals surface area contributed by atoms with Crippen LogP contribution in [0.4, 0.5) is 5.69 Å². The average Bonchev–Trinajstić information content (AvgIpc) is 2.44. The molecule has 1 unspecified atom stereocenters. The minimum Gasteiger partial charge on any atom is -0.385 e. The summed E-state index contributed by atoms with van der Waals surface area (Å²) in [5, 5.41) is 3.48. The second-order valence-electron chi connectivity index (χ2n) is 5.91. The molecule has 0 radical (unpaired) electrons. The number of nitrogens with zero attached hydrogens (tertiary/aromatic N) is 1. The highest BCUT2D eigenvalue weighted by molar-refractivity contribution is 5.54. The monoisotopic (exact) mass is 260 g/mol. The molecule has 1 aromatic rings. The molecule has 19 heavy (non-hydrogen) atoms. The molecule has 1 heterocycles. The van der Waals surface area contributed by atoms with Gasteiger partial charge in [0.05, 0.1) is 0 Å². The molecule has 1 atom stereocenters. The molecule has 0 amide bonds. The maximum absolute atomic E-state index is 3.48. The number of likely N-dealkylation sites (N-methyl/N-ethyl adjacent to an activating group) is 1. The number of nitrogens with one attached hydrogen (secondary N) is 1. The Bertz CT molecular complexity index is 400. The summed E-state index contributed by atoms with van der Waals surface area (Å²) in [5.41, 5.74) is 4.34. The van der Waals surface area contributed by atoms with Gasteiger partial charge < -0.3 is 10.2 Å². The van der Waals surface area contributed by atoms with Crippen LogP contribution in [0.1, 0.15) is 44.2 Å². The standard InChI is InChI=1S/C17H28N2/c1-4-5-11-19(3)14(2)12-15-8-9-17-16(13-15)7-6-10-18-17/h8-9,13-14,18H,4-7,10-12H2,1-3H3. The number of anilines is 1. The van der Waals surface area contributed by atoms with Gasteiger partial charge in [0.1, 0.15) is 0 Å². The van der Waals surface area contributed by atoms with Crippen LogP contribution >= 0.6 is 0 Å². The van der Waals surface area contributed by atoms with E-state index in [9.17, 15) is 0 Å². The first-order valence-corrected chi connectivity index (χ1v) is 7.76. The van der Waals surface area contributed by atoms with E-state index in [1.807, 2.05) is 0 Å². The van der Waals surface area contributed by atoms with Crippen molar-refractivity contribution in [1.29, 1.82) is 0 Å². The second kappa shape index (κ2) is 6.95. The third kappa shape index (κ3) is 3.97. The molecule has 0 fully saturated rings. The number of aryl methyl sites for hydroxylation is 1. The van der Waals surface area contributed by atoms with Crippen LogP contribution in [0.5, 0.6) is 0 Å². The molecule has 2 nitrogen and oxygen atoms in total. The molecule has 0 aliphatic carbocycles. The molecular weight excluding hydrogens is 232 g/mol. The molecule has 1 N–H and O–H groups in total. The first kappa shape index (κ1) is 14.4. The lowest BCUT2D eigenvalue weighted by molar-refractivity contribution is 0.252. The molecule has 1 aliphatic heterocycles. The SMILES string of the molecule is CCCCN(C)C(C)Cc1ccc2c(c1)CCCN2. The maximum Gasteiger partial charge on any atom is 0.0372 e. The lowest BCUT2D eigenvalue weighted by Gasteiger charge is -2.25. The highest BCUT2D eigenvalue weighted by atomic mass is 15.1. The Balaban J connectivity index is 1.95. The van der Waals surface area contributed by atoms with Crippen LogP contribution in [0.25, 0.3) is 0 Å². The van der Waals surface area contributed by atoms with Gasteiger partial charge in [-0.2, -0.15) is 0 Å². The zero-order valence-electron chi connectivity index (χ0n) is 12.7. The van der Waals surface area contributed by atoms with Gasteiger partial charge in [-0.1, -0.05) is 25.5 Å². The molecule has 0 saturated carbocycles. The minimum atomic E-state index is 0.626. The minimum absolute atomic E-state index is 0.626. The quantitative estimate of drug-likeness (QED) is 0.839. The van der Waals surface area contributed by atoms with E-state index < -0.39 is 0 Å². The van der Waals surface area contributed by atoms with Crippen molar-refractivity contribution in [3.05, 3.63) is 29.3 Å². The Labute approximate surface area is 118 Å². The molecule has 1 aromatic carbocycles. The summed E-state index contributed by atoms with van der Waals surface area (Å²) in [4.78, 5) is 2.49. The third-order valence-corrected chi connectivity index (χ3v) is 4.26. The Kier molecular flexibility index (Phi) is 5.26. The number of unbranched alkanes of at least 4 members (excludes halogenated alkanes) is 1. The lowest BCUT2D eigenvalue weighted by Crippen LogP contribution is -2.31. The van der Waals surface area contributed by atoms with Gasteiger partial charge in [-0.15, -0.1) is 0 Å². The zero-order chi connectivity index (χ0) is 13.7. The van der Waals surface area contributed by atoms with Crippen LogP contribution in [-0.2, 0) is 12.8 Å². The molecule has 0 saturated heterocycles. The zero-order valence-corrected chi connectivity index (χ0v) is 12.7. The second-order valence-corrected chi connectivity index (χ2v) is 5.91. The topological polar surface area (TPSA) is 15.3 Å². The Morgan fingerprint density at radius 2 is 2.21 bits per heavy atom. The smallest absolute Gasteiger partial charge is 0.0372 e. The van der Waals surface area contributed by atoms with Crippen LogP contribution in [0.15, 0.2) is 18.2 Å². The van der Waals surface area contributed by atoms with Gasteiger partial charge >= 0.3 is 0 Å². The average molecular weight is 260 g/mol. The molecular formula is C17H28N2. The van der Waals surface area contributed by atoms with Gasteiger partial charge in [0.25, 0.3) is 0 Å². The lowest BCUT2D eigenvalue weighted by atomic mass is 9.97. The van der Waals surface area contributed by atoms with E-state index in [0.717, 1.165) is 13.0 Å². The fourth-order valence-electron chi connectivity index (χ4n) is 2.78. The summed E-state index contributed by atoms with van der Waals surface area (Å²) in [7, 11) is 2.25. The van der Waals surface area contributed by atoms with Crippen molar-refractivity contribution in [2.75, 3.05) is 25.5 Å². The first-order valence-electron chi connectivity index (χ1n) is 7.76. The van der Waals surface area contributed by atoms with Crippen LogP contribution in [-0.4, -0.2) is 31.1 Å². The summed E-state index contributed by atoms with van der Waals surface area (Å²) in [6.07, 6.45) is 6.24. The number of rotatable bonds is 6. The summed E-state index contributed by atoms with van der Waals surface area (Å²) >= 11 is 0. The predicted octanol–water partition coefficient (Wildman–Crippen LogP) is 3.71. The van der Waals surface area contributed by atoms with Gasteiger partial charge in [-0.05, 0) is 63.4 Å². The molecule has 0 spiro atoms. The predicted molar refractivity (Wildman–Crippen MR) is 84.0 cm³/mol. The van der Waals surface area contributed by atoms with Gasteiger partial charge in [0.2, 0.25) is 0 Å². The van der Waals surface area contributed by atoms with Crippen molar-refractivity contribution < 1.29 is 0 Å². The van der Waals surface area contributed by atoms with Crippen molar-refractivity contribution in [3.63, 3.8) is 0 Å². The van der Waals surface area contributed by atoms with E-state index in [0.29, 0.717) is 6.04 Å². The van der Waals surface area contributed by atoms with E-state index in [-0.39, 0.29) is 0 Å². The van der Waals surface area contributed by atoms with Crippen LogP contribution in [0.2, 0.25) is 0 Å². The van der Waals surface area contributed by atoms with Gasteiger partial charge in [-0.3, -0.25) is 0 Å². The Morgan fingerprint density at radius 3 is 3.00 bits per heavy atom. The van der Waals surface area contributed by atoms with Crippen LogP contribution in [0, 0.1) is 0 Å². The molecule has 0 aromatic heterocycles. The highest BCUT2D eigenvalue weighted by Gasteiger charge is 2.12. The van der Waals surface area contributed by atoms with E-state index >= 15 is 0 Å². The van der Waals surface area contributed by atoms with E-state index in [1.54, 1.807) is 0 Å². The van der Waals surface area contributed by atoms with Crippen molar-refractivity contribution in [2.24, 2.45) is 0 Å². The highest BCUT2D eigenvalue weighted by Crippen LogP contribution is 2.23. The van der Waals surface area contributed by atoms with Crippen molar-refractivity contribution in [3.8, 4) is 0 Å². The summed E-state index contributed by atoms with van der Waals surface area (Å²) in [6.45, 7) is 6.94. The molecule has 1 aliphatic rings. The van der Waals surface area contributed by atoms with Gasteiger partial charge in [-0.25, -0.2) is 0 Å². The molecule has 2 rings (SSSR count). The molecule has 0 bridgehead atoms. The van der Waals surface area contributed by atoms with Crippen molar-refractivity contribution in [2.45, 2.75) is 52.0 Å². The number of hydrogen-bond donors (Lipinski definition) is 1. The fraction of sp³-hybridized carbons (Fsp3) is 0.647. The molecule has 106 valence electrons. The summed E-state index contributed by atoms with van der Waals surface area (Å²) in [6, 6.07) is 7.59. The fourth-order valence-corrected chi connectivity index (χ4v) is 2.78. The molecule has 2 heteroatoms.